The van der Waals surface area contributed by atoms with Gasteiger partial charge in [0.15, 0.2) is 0 Å². The molecule has 3 rings (SSSR count). The van der Waals surface area contributed by atoms with Crippen LogP contribution in [0, 0.1) is 0 Å². The van der Waals surface area contributed by atoms with Crippen molar-refractivity contribution in [1.82, 2.24) is 14.7 Å². The molecular formula is C21H21N3O3. The highest BCUT2D eigenvalue weighted by molar-refractivity contribution is 5.92. The Labute approximate surface area is 157 Å². The molecule has 6 heteroatoms. The Hall–Kier alpha value is -3.41. The van der Waals surface area contributed by atoms with Gasteiger partial charge in [-0.2, -0.15) is 5.10 Å². The molecule has 1 heterocycles. The summed E-state index contributed by atoms with van der Waals surface area (Å²) >= 11 is 0. The summed E-state index contributed by atoms with van der Waals surface area (Å²) in [5, 5.41) is 13.3. The molecule has 0 saturated carbocycles. The van der Waals surface area contributed by atoms with Crippen LogP contribution in [0.25, 0.3) is 0 Å². The molecule has 0 fully saturated rings. The van der Waals surface area contributed by atoms with Crippen molar-refractivity contribution in [1.29, 1.82) is 0 Å². The molecule has 0 radical (unpaired) electrons. The summed E-state index contributed by atoms with van der Waals surface area (Å²) in [6.07, 6.45) is 1.52. The normalized spacial score (nSPS) is 11.7. The van der Waals surface area contributed by atoms with Crippen LogP contribution in [0.2, 0.25) is 0 Å². The van der Waals surface area contributed by atoms with Crippen LogP contribution < -0.4 is 0 Å². The molecule has 1 aromatic heterocycles. The number of carbonyl (C=O) groups excluding carboxylic acids is 1. The number of aliphatic carboxylic acids is 1. The third-order valence-corrected chi connectivity index (χ3v) is 4.30. The molecule has 1 atom stereocenters. The summed E-state index contributed by atoms with van der Waals surface area (Å²) in [7, 11) is 0. The zero-order valence-corrected chi connectivity index (χ0v) is 15.0. The molecule has 0 aliphatic carbocycles. The molecule has 1 N–H and O–H groups in total. The lowest BCUT2D eigenvalue weighted by Gasteiger charge is -2.22. The second-order valence-electron chi connectivity index (χ2n) is 6.33. The number of hydrogen-bond donors (Lipinski definition) is 1. The molecule has 1 amide bonds. The average Bonchev–Trinajstić information content (AvgIpc) is 3.18. The molecule has 6 nitrogen and oxygen atoms in total. The van der Waals surface area contributed by atoms with Gasteiger partial charge in [-0.15, -0.1) is 0 Å². The van der Waals surface area contributed by atoms with Crippen LogP contribution in [0.3, 0.4) is 0 Å². The third kappa shape index (κ3) is 4.61. The zero-order valence-electron chi connectivity index (χ0n) is 15.0. The minimum Gasteiger partial charge on any atom is -0.480 e. The molecule has 138 valence electrons. The van der Waals surface area contributed by atoms with E-state index in [1.54, 1.807) is 11.0 Å². The monoisotopic (exact) mass is 363 g/mol. The van der Waals surface area contributed by atoms with E-state index in [0.29, 0.717) is 13.1 Å². The van der Waals surface area contributed by atoms with Crippen molar-refractivity contribution in [3.05, 3.63) is 89.7 Å². The molecule has 1 unspecified atom stereocenters. The molecule has 0 spiro atoms. The summed E-state index contributed by atoms with van der Waals surface area (Å²) in [5.41, 5.74) is 2.26. The fourth-order valence-electron chi connectivity index (χ4n) is 2.75. The summed E-state index contributed by atoms with van der Waals surface area (Å²) < 4.78 is 1.29. The van der Waals surface area contributed by atoms with Crippen molar-refractivity contribution < 1.29 is 14.7 Å². The Kier molecular flexibility index (Phi) is 5.66. The van der Waals surface area contributed by atoms with E-state index in [4.69, 9.17) is 5.11 Å². The maximum Gasteiger partial charge on any atom is 0.328 e. The van der Waals surface area contributed by atoms with E-state index >= 15 is 0 Å². The topological polar surface area (TPSA) is 75.4 Å². The van der Waals surface area contributed by atoms with E-state index in [9.17, 15) is 9.59 Å². The summed E-state index contributed by atoms with van der Waals surface area (Å²) in [6.45, 7) is 2.40. The second-order valence-corrected chi connectivity index (χ2v) is 6.33. The van der Waals surface area contributed by atoms with Crippen LogP contribution in [0.15, 0.2) is 72.9 Å². The van der Waals surface area contributed by atoms with Crippen molar-refractivity contribution in [2.45, 2.75) is 26.1 Å². The van der Waals surface area contributed by atoms with Gasteiger partial charge in [0.2, 0.25) is 0 Å². The van der Waals surface area contributed by atoms with Gasteiger partial charge in [-0.05, 0) is 24.1 Å². The van der Waals surface area contributed by atoms with E-state index in [1.807, 2.05) is 60.7 Å². The van der Waals surface area contributed by atoms with Crippen molar-refractivity contribution >= 4 is 11.9 Å². The molecule has 0 bridgehead atoms. The number of carboxylic acid groups (broad SMARTS) is 1. The first kappa shape index (κ1) is 18.4. The van der Waals surface area contributed by atoms with E-state index in [2.05, 4.69) is 5.10 Å². The molecule has 0 aliphatic rings. The number of nitrogens with zero attached hydrogens (tertiary/aromatic N) is 3. The lowest BCUT2D eigenvalue weighted by atomic mass is 10.1. The molecule has 0 aliphatic heterocycles. The van der Waals surface area contributed by atoms with Crippen molar-refractivity contribution in [2.24, 2.45) is 0 Å². The predicted octanol–water partition coefficient (Wildman–Crippen LogP) is 3.37. The Morgan fingerprint density at radius 3 is 1.96 bits per heavy atom. The van der Waals surface area contributed by atoms with Crippen LogP contribution in [-0.2, 0) is 17.9 Å². The largest absolute Gasteiger partial charge is 0.480 e. The third-order valence-electron chi connectivity index (χ3n) is 4.30. The minimum atomic E-state index is -0.998. The van der Waals surface area contributed by atoms with Crippen LogP contribution in [-0.4, -0.2) is 31.7 Å². The number of hydrogen-bond acceptors (Lipinski definition) is 3. The van der Waals surface area contributed by atoms with Gasteiger partial charge in [0.25, 0.3) is 5.91 Å². The van der Waals surface area contributed by atoms with Gasteiger partial charge >= 0.3 is 5.97 Å². The van der Waals surface area contributed by atoms with Gasteiger partial charge in [0.1, 0.15) is 11.7 Å². The molecule has 2 aromatic carbocycles. The van der Waals surface area contributed by atoms with Gasteiger partial charge < -0.3 is 10.0 Å². The van der Waals surface area contributed by atoms with Gasteiger partial charge in [-0.3, -0.25) is 9.48 Å². The first-order valence-electron chi connectivity index (χ1n) is 8.69. The van der Waals surface area contributed by atoms with E-state index in [-0.39, 0.29) is 11.6 Å². The van der Waals surface area contributed by atoms with Crippen molar-refractivity contribution in [3.8, 4) is 0 Å². The molecular weight excluding hydrogens is 342 g/mol. The number of carboxylic acids is 1. The quantitative estimate of drug-likeness (QED) is 0.698. The lowest BCUT2D eigenvalue weighted by Crippen LogP contribution is -2.30. The Balaban J connectivity index is 1.85. The van der Waals surface area contributed by atoms with Crippen LogP contribution in [0.1, 0.15) is 34.6 Å². The number of rotatable bonds is 7. The van der Waals surface area contributed by atoms with E-state index in [1.165, 1.54) is 17.8 Å². The van der Waals surface area contributed by atoms with Crippen LogP contribution in [0.5, 0.6) is 0 Å². The zero-order chi connectivity index (χ0) is 19.2. The molecule has 27 heavy (non-hydrogen) atoms. The number of benzene rings is 2. The maximum absolute atomic E-state index is 13.1. The second kappa shape index (κ2) is 8.31. The highest BCUT2D eigenvalue weighted by atomic mass is 16.4. The first-order chi connectivity index (χ1) is 13.0. The maximum atomic E-state index is 13.1. The fraction of sp³-hybridized carbons (Fsp3) is 0.190. The first-order valence-corrected chi connectivity index (χ1v) is 8.69. The van der Waals surface area contributed by atoms with Crippen LogP contribution in [0.4, 0.5) is 0 Å². The smallest absolute Gasteiger partial charge is 0.328 e. The number of carbonyl (C=O) groups is 2. The van der Waals surface area contributed by atoms with Crippen LogP contribution >= 0.6 is 0 Å². The summed E-state index contributed by atoms with van der Waals surface area (Å²) in [6, 6.07) is 20.2. The van der Waals surface area contributed by atoms with Crippen molar-refractivity contribution in [2.75, 3.05) is 0 Å². The lowest BCUT2D eigenvalue weighted by molar-refractivity contribution is -0.140. The Bertz CT molecular complexity index is 865. The summed E-state index contributed by atoms with van der Waals surface area (Å²) in [4.78, 5) is 25.9. The Morgan fingerprint density at radius 2 is 1.48 bits per heavy atom. The Morgan fingerprint density at radius 1 is 0.963 bits per heavy atom. The average molecular weight is 363 g/mol. The minimum absolute atomic E-state index is 0.231. The molecule has 0 saturated heterocycles. The highest BCUT2D eigenvalue weighted by Gasteiger charge is 2.21. The summed E-state index contributed by atoms with van der Waals surface area (Å²) in [5.74, 6) is -1.23. The number of amides is 1. The van der Waals surface area contributed by atoms with E-state index in [0.717, 1.165) is 11.1 Å². The van der Waals surface area contributed by atoms with Gasteiger partial charge in [0, 0.05) is 19.3 Å². The SMILES string of the molecule is CC(C(=O)O)n1ccc(C(=O)N(Cc2ccccc2)Cc2ccccc2)n1. The number of aromatic nitrogens is 2. The van der Waals surface area contributed by atoms with Gasteiger partial charge in [-0.25, -0.2) is 4.79 Å². The fourth-order valence-corrected chi connectivity index (χ4v) is 2.75. The van der Waals surface area contributed by atoms with Gasteiger partial charge in [-0.1, -0.05) is 60.7 Å². The molecule has 3 aromatic rings. The van der Waals surface area contributed by atoms with Gasteiger partial charge in [0.05, 0.1) is 0 Å². The predicted molar refractivity (Wildman–Crippen MR) is 101 cm³/mol. The standard InChI is InChI=1S/C21H21N3O3/c1-16(21(26)27)24-13-12-19(22-24)20(25)23(14-17-8-4-2-5-9-17)15-18-10-6-3-7-11-18/h2-13,16H,14-15H2,1H3,(H,26,27). The van der Waals surface area contributed by atoms with E-state index < -0.39 is 12.0 Å². The highest BCUT2D eigenvalue weighted by Crippen LogP contribution is 2.14. The van der Waals surface area contributed by atoms with Crippen molar-refractivity contribution in [3.63, 3.8) is 0 Å².